The first kappa shape index (κ1) is 27.3. The standard InChI is InChI=1S/C27H27F3O5S/c1-17-6-4-5-7-22(17)35-24-15-20(27(28,29)30)8-10-23(24)34-19(3)12-13-33-21-9-11-25(18(2)14-21)36-16-26(31)32/h4-11,14-15,19H,12-13,16H2,1-3H3,(H,31,32). The summed E-state index contributed by atoms with van der Waals surface area (Å²) in [5.74, 6) is 0.367. The average molecular weight is 521 g/mol. The molecule has 0 saturated carbocycles. The molecule has 0 spiro atoms. The molecule has 0 fully saturated rings. The second kappa shape index (κ2) is 12.1. The number of thioether (sulfide) groups is 1. The Kier molecular flexibility index (Phi) is 9.14. The molecule has 0 aliphatic carbocycles. The molecule has 36 heavy (non-hydrogen) atoms. The number of aryl methyl sites for hydroxylation is 2. The van der Waals surface area contributed by atoms with Gasteiger partial charge in [0, 0.05) is 11.3 Å². The van der Waals surface area contributed by atoms with Crippen LogP contribution in [0.25, 0.3) is 0 Å². The number of ether oxygens (including phenoxy) is 3. The van der Waals surface area contributed by atoms with Gasteiger partial charge in [-0.15, -0.1) is 11.8 Å². The van der Waals surface area contributed by atoms with Crippen LogP contribution in [0.2, 0.25) is 0 Å². The third kappa shape index (κ3) is 7.84. The topological polar surface area (TPSA) is 65.0 Å². The van der Waals surface area contributed by atoms with Crippen molar-refractivity contribution in [2.24, 2.45) is 0 Å². The Morgan fingerprint density at radius 1 is 0.972 bits per heavy atom. The molecule has 192 valence electrons. The third-order valence-electron chi connectivity index (χ3n) is 5.20. The van der Waals surface area contributed by atoms with Gasteiger partial charge in [-0.25, -0.2) is 0 Å². The highest BCUT2D eigenvalue weighted by atomic mass is 32.2. The number of para-hydroxylation sites is 1. The highest BCUT2D eigenvalue weighted by Gasteiger charge is 2.32. The molecule has 0 bridgehead atoms. The van der Waals surface area contributed by atoms with E-state index in [0.29, 0.717) is 24.5 Å². The van der Waals surface area contributed by atoms with E-state index in [9.17, 15) is 18.0 Å². The van der Waals surface area contributed by atoms with Gasteiger partial charge in [-0.05, 0) is 74.4 Å². The van der Waals surface area contributed by atoms with Crippen LogP contribution in [0, 0.1) is 13.8 Å². The number of hydrogen-bond donors (Lipinski definition) is 1. The Labute approximate surface area is 212 Å². The molecule has 0 aliphatic heterocycles. The first-order valence-corrected chi connectivity index (χ1v) is 12.2. The zero-order valence-corrected chi connectivity index (χ0v) is 20.9. The molecule has 3 aromatic rings. The summed E-state index contributed by atoms with van der Waals surface area (Å²) < 4.78 is 57.4. The summed E-state index contributed by atoms with van der Waals surface area (Å²) in [7, 11) is 0. The lowest BCUT2D eigenvalue weighted by atomic mass is 10.2. The monoisotopic (exact) mass is 520 g/mol. The number of halogens is 3. The van der Waals surface area contributed by atoms with E-state index in [1.165, 1.54) is 17.8 Å². The van der Waals surface area contributed by atoms with Crippen LogP contribution in [0.5, 0.6) is 23.0 Å². The van der Waals surface area contributed by atoms with Crippen molar-refractivity contribution in [3.05, 3.63) is 77.4 Å². The van der Waals surface area contributed by atoms with Crippen LogP contribution in [-0.4, -0.2) is 29.5 Å². The molecule has 1 N–H and O–H groups in total. The quantitative estimate of drug-likeness (QED) is 0.264. The number of hydrogen-bond acceptors (Lipinski definition) is 5. The predicted molar refractivity (Wildman–Crippen MR) is 132 cm³/mol. The third-order valence-corrected chi connectivity index (χ3v) is 6.36. The lowest BCUT2D eigenvalue weighted by Crippen LogP contribution is -2.16. The lowest BCUT2D eigenvalue weighted by molar-refractivity contribution is -0.137. The number of carboxylic acids is 1. The predicted octanol–water partition coefficient (Wildman–Crippen LogP) is 7.53. The van der Waals surface area contributed by atoms with E-state index in [1.54, 1.807) is 25.1 Å². The van der Waals surface area contributed by atoms with Crippen LogP contribution in [0.3, 0.4) is 0 Å². The number of alkyl halides is 3. The molecule has 9 heteroatoms. The molecule has 0 heterocycles. The van der Waals surface area contributed by atoms with Gasteiger partial charge in [0.05, 0.1) is 24.0 Å². The van der Waals surface area contributed by atoms with Crippen molar-refractivity contribution >= 4 is 17.7 Å². The fraction of sp³-hybridized carbons (Fsp3) is 0.296. The SMILES string of the molecule is Cc1ccccc1Oc1cc(C(F)(F)F)ccc1OC(C)CCOc1ccc(SCC(=O)O)c(C)c1. The summed E-state index contributed by atoms with van der Waals surface area (Å²) in [5, 5.41) is 8.83. The van der Waals surface area contributed by atoms with Crippen LogP contribution in [0.4, 0.5) is 13.2 Å². The van der Waals surface area contributed by atoms with Crippen molar-refractivity contribution in [3.8, 4) is 23.0 Å². The Morgan fingerprint density at radius 3 is 2.39 bits per heavy atom. The average Bonchev–Trinajstić information content (AvgIpc) is 2.80. The zero-order valence-electron chi connectivity index (χ0n) is 20.1. The van der Waals surface area contributed by atoms with Gasteiger partial charge in [0.15, 0.2) is 11.5 Å². The smallest absolute Gasteiger partial charge is 0.416 e. The highest BCUT2D eigenvalue weighted by Crippen LogP contribution is 2.39. The van der Waals surface area contributed by atoms with Gasteiger partial charge in [-0.2, -0.15) is 13.2 Å². The first-order valence-electron chi connectivity index (χ1n) is 11.2. The van der Waals surface area contributed by atoms with Crippen molar-refractivity contribution in [2.75, 3.05) is 12.4 Å². The molecule has 5 nitrogen and oxygen atoms in total. The van der Waals surface area contributed by atoms with E-state index in [0.717, 1.165) is 28.2 Å². The number of benzene rings is 3. The minimum atomic E-state index is -4.51. The van der Waals surface area contributed by atoms with E-state index < -0.39 is 17.7 Å². The first-order chi connectivity index (χ1) is 17.0. The second-order valence-electron chi connectivity index (χ2n) is 8.20. The maximum Gasteiger partial charge on any atom is 0.416 e. The maximum absolute atomic E-state index is 13.3. The van der Waals surface area contributed by atoms with Crippen LogP contribution >= 0.6 is 11.8 Å². The van der Waals surface area contributed by atoms with Crippen LogP contribution in [0.1, 0.15) is 30.0 Å². The molecule has 0 aromatic heterocycles. The summed E-state index contributed by atoms with van der Waals surface area (Å²) in [6.07, 6.45) is -4.41. The van der Waals surface area contributed by atoms with E-state index in [4.69, 9.17) is 19.3 Å². The molecule has 0 saturated heterocycles. The fourth-order valence-electron chi connectivity index (χ4n) is 3.28. The second-order valence-corrected chi connectivity index (χ2v) is 9.22. The summed E-state index contributed by atoms with van der Waals surface area (Å²) in [6.45, 7) is 5.80. The summed E-state index contributed by atoms with van der Waals surface area (Å²) in [5.41, 5.74) is 0.866. The molecule has 3 aromatic carbocycles. The van der Waals surface area contributed by atoms with Gasteiger partial charge in [0.25, 0.3) is 0 Å². The maximum atomic E-state index is 13.3. The molecule has 0 amide bonds. The van der Waals surface area contributed by atoms with E-state index in [-0.39, 0.29) is 23.4 Å². The van der Waals surface area contributed by atoms with Gasteiger partial charge >= 0.3 is 12.1 Å². The van der Waals surface area contributed by atoms with Gasteiger partial charge in [0.1, 0.15) is 11.5 Å². The summed E-state index contributed by atoms with van der Waals surface area (Å²) in [6, 6.07) is 15.7. The minimum absolute atomic E-state index is 0.0167. The van der Waals surface area contributed by atoms with E-state index in [2.05, 4.69) is 0 Å². The van der Waals surface area contributed by atoms with Gasteiger partial charge in [-0.3, -0.25) is 4.79 Å². The molecular weight excluding hydrogens is 493 g/mol. The number of aliphatic carboxylic acids is 1. The van der Waals surface area contributed by atoms with Gasteiger partial charge in [0.2, 0.25) is 0 Å². The Hall–Kier alpha value is -3.33. The number of carboxylic acid groups (broad SMARTS) is 1. The summed E-state index contributed by atoms with van der Waals surface area (Å²) in [4.78, 5) is 11.6. The van der Waals surface area contributed by atoms with E-state index >= 15 is 0 Å². The molecule has 3 rings (SSSR count). The zero-order chi connectivity index (χ0) is 26.3. The summed E-state index contributed by atoms with van der Waals surface area (Å²) >= 11 is 1.24. The van der Waals surface area contributed by atoms with Crippen molar-refractivity contribution in [3.63, 3.8) is 0 Å². The highest BCUT2D eigenvalue weighted by molar-refractivity contribution is 8.00. The van der Waals surface area contributed by atoms with Crippen LogP contribution in [0.15, 0.2) is 65.6 Å². The van der Waals surface area contributed by atoms with Gasteiger partial charge in [-0.1, -0.05) is 18.2 Å². The lowest BCUT2D eigenvalue weighted by Gasteiger charge is -2.20. The molecule has 0 aliphatic rings. The Balaban J connectivity index is 1.64. The largest absolute Gasteiger partial charge is 0.493 e. The van der Waals surface area contributed by atoms with Crippen LogP contribution in [-0.2, 0) is 11.0 Å². The number of carbonyl (C=O) groups is 1. The van der Waals surface area contributed by atoms with Crippen molar-refractivity contribution in [2.45, 2.75) is 44.4 Å². The number of rotatable bonds is 11. The Morgan fingerprint density at radius 2 is 1.72 bits per heavy atom. The molecule has 0 radical (unpaired) electrons. The Bertz CT molecular complexity index is 1200. The van der Waals surface area contributed by atoms with E-state index in [1.807, 2.05) is 38.1 Å². The van der Waals surface area contributed by atoms with Crippen molar-refractivity contribution < 1.29 is 37.3 Å². The van der Waals surface area contributed by atoms with Gasteiger partial charge < -0.3 is 19.3 Å². The normalized spacial score (nSPS) is 12.2. The molecule has 1 unspecified atom stereocenters. The van der Waals surface area contributed by atoms with Crippen LogP contribution < -0.4 is 14.2 Å². The van der Waals surface area contributed by atoms with Crippen molar-refractivity contribution in [1.82, 2.24) is 0 Å². The molecular formula is C27H27F3O5S. The fourth-order valence-corrected chi connectivity index (χ4v) is 4.01. The minimum Gasteiger partial charge on any atom is -0.493 e. The molecule has 1 atom stereocenters. The van der Waals surface area contributed by atoms with Crippen molar-refractivity contribution in [1.29, 1.82) is 0 Å².